The molecule has 2 atom stereocenters. The molecule has 0 spiro atoms. The molecule has 1 heterocycles. The van der Waals surface area contributed by atoms with Crippen LogP contribution in [0.4, 0.5) is 9.18 Å². The molecule has 0 radical (unpaired) electrons. The molecule has 0 aliphatic carbocycles. The molecule has 6 heteroatoms. The minimum Gasteiger partial charge on any atom is -0.480 e. The minimum absolute atomic E-state index is 0.218. The smallest absolute Gasteiger partial charge is 0.326 e. The van der Waals surface area contributed by atoms with Crippen molar-refractivity contribution in [1.29, 1.82) is 0 Å². The molecule has 0 aromatic heterocycles. The Kier molecular flexibility index (Phi) is 3.18. The molecule has 2 rings (SSSR count). The van der Waals surface area contributed by atoms with Gasteiger partial charge in [0.15, 0.2) is 0 Å². The monoisotopic (exact) mass is 252 g/mol. The molecule has 0 saturated carbocycles. The van der Waals surface area contributed by atoms with Crippen LogP contribution in [0.15, 0.2) is 24.3 Å². The van der Waals surface area contributed by atoms with Gasteiger partial charge >= 0.3 is 12.0 Å². The Balaban J connectivity index is 2.16. The summed E-state index contributed by atoms with van der Waals surface area (Å²) in [4.78, 5) is 23.7. The maximum absolute atomic E-state index is 13.1. The highest BCUT2D eigenvalue weighted by molar-refractivity contribution is 5.84. The lowest BCUT2D eigenvalue weighted by molar-refractivity contribution is -0.141. The number of carboxylic acid groups (broad SMARTS) is 1. The topological polar surface area (TPSA) is 69.6 Å². The van der Waals surface area contributed by atoms with Crippen LogP contribution in [0.5, 0.6) is 0 Å². The normalized spacial score (nSPS) is 20.7. The third-order valence-electron chi connectivity index (χ3n) is 3.01. The van der Waals surface area contributed by atoms with Gasteiger partial charge in [-0.15, -0.1) is 0 Å². The molecule has 2 N–H and O–H groups in total. The second-order valence-electron chi connectivity index (χ2n) is 4.22. The Morgan fingerprint density at radius 2 is 2.33 bits per heavy atom. The van der Waals surface area contributed by atoms with Crippen LogP contribution in [0.2, 0.25) is 0 Å². The van der Waals surface area contributed by atoms with Crippen molar-refractivity contribution in [3.05, 3.63) is 35.6 Å². The average Bonchev–Trinajstić information content (AvgIpc) is 2.70. The summed E-state index contributed by atoms with van der Waals surface area (Å²) in [5.74, 6) is -1.45. The fourth-order valence-electron chi connectivity index (χ4n) is 1.94. The Labute approximate surface area is 103 Å². The Hall–Kier alpha value is -2.11. The number of carbonyl (C=O) groups is 2. The number of benzene rings is 1. The van der Waals surface area contributed by atoms with Crippen molar-refractivity contribution >= 4 is 12.0 Å². The molecule has 2 unspecified atom stereocenters. The van der Waals surface area contributed by atoms with Crippen molar-refractivity contribution in [2.75, 3.05) is 6.54 Å². The van der Waals surface area contributed by atoms with E-state index in [1.807, 2.05) is 0 Å². The fraction of sp³-hybridized carbons (Fsp3) is 0.333. The first-order valence-electron chi connectivity index (χ1n) is 5.54. The zero-order valence-corrected chi connectivity index (χ0v) is 9.76. The van der Waals surface area contributed by atoms with Gasteiger partial charge in [-0.3, -0.25) is 0 Å². The summed E-state index contributed by atoms with van der Waals surface area (Å²) in [6.45, 7) is 1.66. The Morgan fingerprint density at radius 1 is 1.61 bits per heavy atom. The van der Waals surface area contributed by atoms with E-state index < -0.39 is 18.0 Å². The van der Waals surface area contributed by atoms with Gasteiger partial charge in [-0.25, -0.2) is 14.0 Å². The van der Waals surface area contributed by atoms with Crippen LogP contribution in [0.1, 0.15) is 18.5 Å². The number of carboxylic acids is 1. The molecule has 0 bridgehead atoms. The van der Waals surface area contributed by atoms with Gasteiger partial charge in [0.05, 0.1) is 6.04 Å². The first-order chi connectivity index (χ1) is 8.49. The average molecular weight is 252 g/mol. The van der Waals surface area contributed by atoms with E-state index in [9.17, 15) is 14.0 Å². The number of hydrogen-bond donors (Lipinski definition) is 2. The maximum Gasteiger partial charge on any atom is 0.326 e. The third kappa shape index (κ3) is 2.27. The summed E-state index contributed by atoms with van der Waals surface area (Å²) in [7, 11) is 0. The first kappa shape index (κ1) is 12.3. The summed E-state index contributed by atoms with van der Waals surface area (Å²) in [6, 6.07) is 4.18. The molecule has 2 amide bonds. The summed E-state index contributed by atoms with van der Waals surface area (Å²) < 4.78 is 13.1. The van der Waals surface area contributed by atoms with Gasteiger partial charge in [-0.1, -0.05) is 12.1 Å². The van der Waals surface area contributed by atoms with Crippen molar-refractivity contribution in [3.8, 4) is 0 Å². The first-order valence-corrected chi connectivity index (χ1v) is 5.54. The van der Waals surface area contributed by atoms with E-state index in [0.717, 1.165) is 0 Å². The predicted octanol–water partition coefficient (Wildman–Crippen LogP) is 1.37. The van der Waals surface area contributed by atoms with E-state index in [4.69, 9.17) is 5.11 Å². The van der Waals surface area contributed by atoms with Gasteiger partial charge in [0, 0.05) is 6.54 Å². The summed E-state index contributed by atoms with van der Waals surface area (Å²) >= 11 is 0. The molecular weight excluding hydrogens is 239 g/mol. The number of amides is 2. The molecule has 1 aliphatic heterocycles. The second kappa shape index (κ2) is 4.64. The SMILES string of the molecule is CC(C(=O)O)N1CC(c2cccc(F)c2)NC1=O. The van der Waals surface area contributed by atoms with Gasteiger partial charge in [-0.05, 0) is 24.6 Å². The van der Waals surface area contributed by atoms with Crippen molar-refractivity contribution in [3.63, 3.8) is 0 Å². The van der Waals surface area contributed by atoms with Crippen LogP contribution >= 0.6 is 0 Å². The van der Waals surface area contributed by atoms with Crippen molar-refractivity contribution < 1.29 is 19.1 Å². The highest BCUT2D eigenvalue weighted by Crippen LogP contribution is 2.22. The lowest BCUT2D eigenvalue weighted by atomic mass is 10.1. The Morgan fingerprint density at radius 3 is 2.94 bits per heavy atom. The number of nitrogens with zero attached hydrogens (tertiary/aromatic N) is 1. The van der Waals surface area contributed by atoms with Crippen molar-refractivity contribution in [1.82, 2.24) is 10.2 Å². The van der Waals surface area contributed by atoms with Gasteiger partial charge < -0.3 is 15.3 Å². The standard InChI is InChI=1S/C12H13FN2O3/c1-7(11(16)17)15-6-10(14-12(15)18)8-3-2-4-9(13)5-8/h2-5,7,10H,6H2,1H3,(H,14,18)(H,16,17). The number of rotatable bonds is 3. The second-order valence-corrected chi connectivity index (χ2v) is 4.22. The lowest BCUT2D eigenvalue weighted by Gasteiger charge is -2.19. The van der Waals surface area contributed by atoms with Crippen LogP contribution in [0.25, 0.3) is 0 Å². The number of hydrogen-bond acceptors (Lipinski definition) is 2. The largest absolute Gasteiger partial charge is 0.480 e. The molecule has 96 valence electrons. The molecule has 1 aliphatic rings. The highest BCUT2D eigenvalue weighted by Gasteiger charge is 2.35. The van der Waals surface area contributed by atoms with Gasteiger partial charge in [0.2, 0.25) is 0 Å². The molecule has 18 heavy (non-hydrogen) atoms. The van der Waals surface area contributed by atoms with Crippen LogP contribution in [-0.2, 0) is 4.79 Å². The zero-order valence-electron chi connectivity index (χ0n) is 9.76. The third-order valence-corrected chi connectivity index (χ3v) is 3.01. The van der Waals surface area contributed by atoms with Gasteiger partial charge in [0.25, 0.3) is 0 Å². The number of carbonyl (C=O) groups excluding carboxylic acids is 1. The molecule has 1 saturated heterocycles. The van der Waals surface area contributed by atoms with E-state index in [1.54, 1.807) is 12.1 Å². The van der Waals surface area contributed by atoms with Crippen LogP contribution in [0.3, 0.4) is 0 Å². The molecule has 1 aromatic carbocycles. The van der Waals surface area contributed by atoms with E-state index >= 15 is 0 Å². The quantitative estimate of drug-likeness (QED) is 0.853. The number of aliphatic carboxylic acids is 1. The van der Waals surface area contributed by atoms with Crippen LogP contribution < -0.4 is 5.32 Å². The van der Waals surface area contributed by atoms with E-state index in [0.29, 0.717) is 5.56 Å². The fourth-order valence-corrected chi connectivity index (χ4v) is 1.94. The number of urea groups is 1. The van der Waals surface area contributed by atoms with Crippen molar-refractivity contribution in [2.45, 2.75) is 19.0 Å². The highest BCUT2D eigenvalue weighted by atomic mass is 19.1. The Bertz CT molecular complexity index is 492. The number of nitrogens with one attached hydrogen (secondary N) is 1. The van der Waals surface area contributed by atoms with E-state index in [1.165, 1.54) is 24.0 Å². The molecule has 5 nitrogen and oxygen atoms in total. The molecular formula is C12H13FN2O3. The van der Waals surface area contributed by atoms with E-state index in [2.05, 4.69) is 5.32 Å². The summed E-state index contributed by atoms with van der Waals surface area (Å²) in [5.41, 5.74) is 0.628. The number of halogens is 1. The van der Waals surface area contributed by atoms with Crippen LogP contribution in [-0.4, -0.2) is 34.6 Å². The van der Waals surface area contributed by atoms with E-state index in [-0.39, 0.29) is 18.4 Å². The summed E-state index contributed by atoms with van der Waals surface area (Å²) in [5, 5.41) is 11.5. The van der Waals surface area contributed by atoms with Gasteiger partial charge in [-0.2, -0.15) is 0 Å². The lowest BCUT2D eigenvalue weighted by Crippen LogP contribution is -2.40. The molecule has 1 fully saturated rings. The maximum atomic E-state index is 13.1. The van der Waals surface area contributed by atoms with Gasteiger partial charge in [0.1, 0.15) is 11.9 Å². The minimum atomic E-state index is -1.06. The predicted molar refractivity (Wildman–Crippen MR) is 61.5 cm³/mol. The van der Waals surface area contributed by atoms with Crippen molar-refractivity contribution in [2.24, 2.45) is 0 Å². The summed E-state index contributed by atoms with van der Waals surface area (Å²) in [6.07, 6.45) is 0. The van der Waals surface area contributed by atoms with Crippen LogP contribution in [0, 0.1) is 5.82 Å². The zero-order chi connectivity index (χ0) is 13.3. The molecule has 1 aromatic rings.